The van der Waals surface area contributed by atoms with E-state index in [4.69, 9.17) is 5.11 Å². The first-order chi connectivity index (χ1) is 9.47. The van der Waals surface area contributed by atoms with E-state index >= 15 is 0 Å². The Hall–Kier alpha value is -1.46. The molecule has 1 aliphatic heterocycles. The summed E-state index contributed by atoms with van der Waals surface area (Å²) < 4.78 is 13.8. The molecule has 0 aliphatic carbocycles. The molecule has 0 bridgehead atoms. The minimum absolute atomic E-state index is 0.135. The summed E-state index contributed by atoms with van der Waals surface area (Å²) in [5, 5.41) is 8.97. The number of carboxylic acid groups (broad SMARTS) is 1. The molecule has 110 valence electrons. The standard InChI is InChI=1S/C15H21FN2O2/c1-17-7-3-4-13(10-17)18(2)9-12-8-11(15(19)20)5-6-14(12)16/h5-6,8,13H,3-4,7,9-10H2,1-2H3,(H,19,20). The van der Waals surface area contributed by atoms with Crippen LogP contribution in [0.5, 0.6) is 0 Å². The summed E-state index contributed by atoms with van der Waals surface area (Å²) in [5.41, 5.74) is 0.580. The van der Waals surface area contributed by atoms with Crippen molar-refractivity contribution in [2.45, 2.75) is 25.4 Å². The predicted octanol–water partition coefficient (Wildman–Crippen LogP) is 2.05. The summed E-state index contributed by atoms with van der Waals surface area (Å²) in [4.78, 5) is 15.3. The topological polar surface area (TPSA) is 43.8 Å². The van der Waals surface area contributed by atoms with E-state index in [-0.39, 0.29) is 11.4 Å². The number of aromatic carboxylic acids is 1. The summed E-state index contributed by atoms with van der Waals surface area (Å²) in [6.45, 7) is 2.51. The molecular weight excluding hydrogens is 259 g/mol. The number of rotatable bonds is 4. The third-order valence-corrected chi connectivity index (χ3v) is 3.94. The van der Waals surface area contributed by atoms with E-state index < -0.39 is 5.97 Å². The van der Waals surface area contributed by atoms with Crippen LogP contribution in [0.25, 0.3) is 0 Å². The Morgan fingerprint density at radius 1 is 1.55 bits per heavy atom. The van der Waals surface area contributed by atoms with Crippen LogP contribution in [0.15, 0.2) is 18.2 Å². The predicted molar refractivity (Wildman–Crippen MR) is 75.3 cm³/mol. The average Bonchev–Trinajstić information content (AvgIpc) is 2.41. The Morgan fingerprint density at radius 3 is 2.95 bits per heavy atom. The molecule has 0 spiro atoms. The molecule has 1 N–H and O–H groups in total. The van der Waals surface area contributed by atoms with E-state index in [1.165, 1.54) is 18.2 Å². The molecule has 1 heterocycles. The highest BCUT2D eigenvalue weighted by molar-refractivity contribution is 5.87. The van der Waals surface area contributed by atoms with E-state index in [9.17, 15) is 9.18 Å². The van der Waals surface area contributed by atoms with Gasteiger partial charge in [-0.15, -0.1) is 0 Å². The van der Waals surface area contributed by atoms with E-state index in [1.807, 2.05) is 7.05 Å². The number of carbonyl (C=O) groups is 1. The van der Waals surface area contributed by atoms with E-state index in [2.05, 4.69) is 16.8 Å². The lowest BCUT2D eigenvalue weighted by molar-refractivity contribution is 0.0696. The van der Waals surface area contributed by atoms with Gasteiger partial charge in [-0.2, -0.15) is 0 Å². The first-order valence-electron chi connectivity index (χ1n) is 6.88. The summed E-state index contributed by atoms with van der Waals surface area (Å²) in [7, 11) is 4.06. The first-order valence-corrected chi connectivity index (χ1v) is 6.88. The van der Waals surface area contributed by atoms with Crippen molar-refractivity contribution in [1.82, 2.24) is 9.80 Å². The van der Waals surface area contributed by atoms with Gasteiger partial charge in [-0.1, -0.05) is 0 Å². The third-order valence-electron chi connectivity index (χ3n) is 3.94. The van der Waals surface area contributed by atoms with Gasteiger partial charge in [-0.3, -0.25) is 4.90 Å². The molecule has 1 fully saturated rings. The van der Waals surface area contributed by atoms with Gasteiger partial charge in [0.15, 0.2) is 0 Å². The maximum Gasteiger partial charge on any atom is 0.335 e. The van der Waals surface area contributed by atoms with Crippen LogP contribution in [0.1, 0.15) is 28.8 Å². The number of hydrogen-bond donors (Lipinski definition) is 1. The van der Waals surface area contributed by atoms with Gasteiger partial charge >= 0.3 is 5.97 Å². The number of piperidine rings is 1. The van der Waals surface area contributed by atoms with Gasteiger partial charge in [0.2, 0.25) is 0 Å². The lowest BCUT2D eigenvalue weighted by Gasteiger charge is -2.36. The van der Waals surface area contributed by atoms with Crippen LogP contribution in [-0.2, 0) is 6.54 Å². The number of likely N-dealkylation sites (tertiary alicyclic amines) is 1. The normalized spacial score (nSPS) is 20.3. The molecule has 4 nitrogen and oxygen atoms in total. The SMILES string of the molecule is CN1CCCC(N(C)Cc2cc(C(=O)O)ccc2F)C1. The largest absolute Gasteiger partial charge is 0.478 e. The van der Waals surface area contributed by atoms with Gasteiger partial charge in [0.1, 0.15) is 5.82 Å². The van der Waals surface area contributed by atoms with Crippen LogP contribution in [0.4, 0.5) is 4.39 Å². The molecule has 1 aromatic carbocycles. The Balaban J connectivity index is 2.08. The number of hydrogen-bond acceptors (Lipinski definition) is 3. The van der Waals surface area contributed by atoms with Crippen LogP contribution >= 0.6 is 0 Å². The number of carboxylic acids is 1. The Morgan fingerprint density at radius 2 is 2.30 bits per heavy atom. The van der Waals surface area contributed by atoms with E-state index in [1.54, 1.807) is 0 Å². The lowest BCUT2D eigenvalue weighted by Crippen LogP contribution is -2.44. The zero-order chi connectivity index (χ0) is 14.7. The smallest absolute Gasteiger partial charge is 0.335 e. The van der Waals surface area contributed by atoms with Crippen LogP contribution in [-0.4, -0.2) is 54.1 Å². The highest BCUT2D eigenvalue weighted by Crippen LogP contribution is 2.18. The summed E-state index contributed by atoms with van der Waals surface area (Å²) in [6.07, 6.45) is 2.24. The molecule has 1 aliphatic rings. The zero-order valence-electron chi connectivity index (χ0n) is 12.0. The van der Waals surface area contributed by atoms with Crippen molar-refractivity contribution in [3.05, 3.63) is 35.1 Å². The van der Waals surface area contributed by atoms with Crippen molar-refractivity contribution in [1.29, 1.82) is 0 Å². The van der Waals surface area contributed by atoms with Gasteiger partial charge in [-0.25, -0.2) is 9.18 Å². The second-order valence-electron chi connectivity index (χ2n) is 5.58. The van der Waals surface area contributed by atoms with Crippen molar-refractivity contribution in [3.63, 3.8) is 0 Å². The third kappa shape index (κ3) is 3.55. The van der Waals surface area contributed by atoms with Crippen molar-refractivity contribution < 1.29 is 14.3 Å². The number of halogens is 1. The Kier molecular flexibility index (Phi) is 4.73. The van der Waals surface area contributed by atoms with E-state index in [0.29, 0.717) is 18.2 Å². The molecule has 1 saturated heterocycles. The lowest BCUT2D eigenvalue weighted by atomic mass is 10.0. The van der Waals surface area contributed by atoms with Crippen molar-refractivity contribution in [3.8, 4) is 0 Å². The van der Waals surface area contributed by atoms with Crippen molar-refractivity contribution in [2.24, 2.45) is 0 Å². The molecule has 0 saturated carbocycles. The minimum Gasteiger partial charge on any atom is -0.478 e. The molecule has 1 unspecified atom stereocenters. The van der Waals surface area contributed by atoms with E-state index in [0.717, 1.165) is 25.9 Å². The van der Waals surface area contributed by atoms with Gasteiger partial charge in [0.05, 0.1) is 5.56 Å². The molecule has 0 radical (unpaired) electrons. The summed E-state index contributed by atoms with van der Waals surface area (Å²) >= 11 is 0. The van der Waals surface area contributed by atoms with Crippen LogP contribution < -0.4 is 0 Å². The van der Waals surface area contributed by atoms with Crippen LogP contribution in [0.2, 0.25) is 0 Å². The maximum absolute atomic E-state index is 13.8. The van der Waals surface area contributed by atoms with Crippen LogP contribution in [0, 0.1) is 5.82 Å². The highest BCUT2D eigenvalue weighted by Gasteiger charge is 2.22. The monoisotopic (exact) mass is 280 g/mol. The van der Waals surface area contributed by atoms with Crippen molar-refractivity contribution >= 4 is 5.97 Å². The molecule has 1 atom stereocenters. The fourth-order valence-electron chi connectivity index (χ4n) is 2.73. The molecular formula is C15H21FN2O2. The molecule has 1 aromatic rings. The molecule has 2 rings (SSSR count). The van der Waals surface area contributed by atoms with Gasteiger partial charge in [0.25, 0.3) is 0 Å². The molecule has 0 amide bonds. The Bertz CT molecular complexity index is 493. The quantitative estimate of drug-likeness (QED) is 0.916. The number of benzene rings is 1. The van der Waals surface area contributed by atoms with Gasteiger partial charge in [0, 0.05) is 24.7 Å². The maximum atomic E-state index is 13.8. The summed E-state index contributed by atoms with van der Waals surface area (Å²) in [6, 6.07) is 4.36. The fraction of sp³-hybridized carbons (Fsp3) is 0.533. The fourth-order valence-corrected chi connectivity index (χ4v) is 2.73. The molecule has 5 heteroatoms. The highest BCUT2D eigenvalue weighted by atomic mass is 19.1. The number of likely N-dealkylation sites (N-methyl/N-ethyl adjacent to an activating group) is 2. The minimum atomic E-state index is -1.02. The zero-order valence-corrected chi connectivity index (χ0v) is 12.0. The molecule has 20 heavy (non-hydrogen) atoms. The second-order valence-corrected chi connectivity index (χ2v) is 5.58. The summed E-state index contributed by atoms with van der Waals surface area (Å²) in [5.74, 6) is -1.36. The Labute approximate surface area is 118 Å². The first kappa shape index (κ1) is 14.9. The average molecular weight is 280 g/mol. The second kappa shape index (κ2) is 6.33. The number of nitrogens with zero attached hydrogens (tertiary/aromatic N) is 2. The molecule has 0 aromatic heterocycles. The van der Waals surface area contributed by atoms with Gasteiger partial charge in [-0.05, 0) is 51.7 Å². The van der Waals surface area contributed by atoms with Crippen LogP contribution in [0.3, 0.4) is 0 Å². The van der Waals surface area contributed by atoms with Gasteiger partial charge < -0.3 is 10.0 Å². The van der Waals surface area contributed by atoms with Crippen molar-refractivity contribution in [2.75, 3.05) is 27.2 Å².